The first-order valence-corrected chi connectivity index (χ1v) is 4.47. The summed E-state index contributed by atoms with van der Waals surface area (Å²) in [4.78, 5) is 2.35. The molecule has 0 aliphatic carbocycles. The molecule has 0 spiro atoms. The summed E-state index contributed by atoms with van der Waals surface area (Å²) in [5.41, 5.74) is 0. The van der Waals surface area contributed by atoms with E-state index in [4.69, 9.17) is 4.74 Å². The molecule has 0 N–H and O–H groups in total. The quantitative estimate of drug-likeness (QED) is 0.615. The third kappa shape index (κ3) is 2.17. The van der Waals surface area contributed by atoms with Gasteiger partial charge in [0, 0.05) is 6.04 Å². The Bertz CT molecular complexity index is 125. The Kier molecular flexibility index (Phi) is 2.90. The van der Waals surface area contributed by atoms with E-state index in [-0.39, 0.29) is 0 Å². The second-order valence-electron chi connectivity index (χ2n) is 3.73. The van der Waals surface area contributed by atoms with Crippen LogP contribution in [0.15, 0.2) is 0 Å². The summed E-state index contributed by atoms with van der Waals surface area (Å²) in [5.74, 6) is 0. The molecule has 0 unspecified atom stereocenters. The fourth-order valence-electron chi connectivity index (χ4n) is 1.65. The highest BCUT2D eigenvalue weighted by Gasteiger charge is 2.30. The average Bonchev–Trinajstić information content (AvgIpc) is 1.82. The molecule has 0 saturated carbocycles. The van der Waals surface area contributed by atoms with E-state index in [0.717, 1.165) is 0 Å². The van der Waals surface area contributed by atoms with Crippen molar-refractivity contribution in [3.63, 3.8) is 0 Å². The molecule has 66 valence electrons. The first-order valence-electron chi connectivity index (χ1n) is 4.47. The van der Waals surface area contributed by atoms with Crippen LogP contribution in [0.4, 0.5) is 0 Å². The van der Waals surface area contributed by atoms with Gasteiger partial charge in [0.05, 0.1) is 12.2 Å². The zero-order valence-corrected chi connectivity index (χ0v) is 8.00. The minimum atomic E-state index is 0.360. The van der Waals surface area contributed by atoms with Crippen LogP contribution >= 0.6 is 0 Å². The van der Waals surface area contributed by atoms with Crippen molar-refractivity contribution in [2.45, 2.75) is 45.4 Å². The van der Waals surface area contributed by atoms with E-state index in [9.17, 15) is 0 Å². The molecule has 0 aromatic carbocycles. The molecule has 1 aliphatic rings. The zero-order chi connectivity index (χ0) is 8.43. The SMILES string of the molecule is CC(C)O[C@@H](C)[C@@H]1CCN1C. The molecule has 1 saturated heterocycles. The number of ether oxygens (including phenoxy) is 1. The van der Waals surface area contributed by atoms with Gasteiger partial charge in [-0.25, -0.2) is 0 Å². The van der Waals surface area contributed by atoms with Gasteiger partial charge in [0.25, 0.3) is 0 Å². The van der Waals surface area contributed by atoms with Gasteiger partial charge in [-0.1, -0.05) is 0 Å². The predicted molar refractivity (Wildman–Crippen MR) is 46.7 cm³/mol. The Morgan fingerprint density at radius 1 is 1.36 bits per heavy atom. The maximum absolute atomic E-state index is 5.68. The van der Waals surface area contributed by atoms with Gasteiger partial charge in [-0.15, -0.1) is 0 Å². The van der Waals surface area contributed by atoms with Crippen LogP contribution in [0.25, 0.3) is 0 Å². The van der Waals surface area contributed by atoms with Gasteiger partial charge < -0.3 is 9.64 Å². The summed E-state index contributed by atoms with van der Waals surface area (Å²) in [5, 5.41) is 0. The molecular formula is C9H19NO. The number of likely N-dealkylation sites (tertiary alicyclic amines) is 1. The molecule has 0 aromatic rings. The Hall–Kier alpha value is -0.0800. The van der Waals surface area contributed by atoms with E-state index in [2.05, 4.69) is 32.7 Å². The van der Waals surface area contributed by atoms with Crippen molar-refractivity contribution in [3.8, 4) is 0 Å². The normalized spacial score (nSPS) is 28.6. The number of rotatable bonds is 3. The molecule has 1 rings (SSSR count). The van der Waals surface area contributed by atoms with Crippen molar-refractivity contribution in [2.24, 2.45) is 0 Å². The molecule has 0 amide bonds. The van der Waals surface area contributed by atoms with Gasteiger partial charge in [-0.2, -0.15) is 0 Å². The van der Waals surface area contributed by atoms with Crippen LogP contribution in [-0.2, 0) is 4.74 Å². The van der Waals surface area contributed by atoms with Crippen LogP contribution in [-0.4, -0.2) is 36.7 Å². The van der Waals surface area contributed by atoms with Gasteiger partial charge in [0.1, 0.15) is 0 Å². The summed E-state index contributed by atoms with van der Waals surface area (Å²) >= 11 is 0. The number of hydrogen-bond acceptors (Lipinski definition) is 2. The van der Waals surface area contributed by atoms with Crippen molar-refractivity contribution in [1.29, 1.82) is 0 Å². The first-order chi connectivity index (χ1) is 5.11. The number of hydrogen-bond donors (Lipinski definition) is 0. The van der Waals surface area contributed by atoms with E-state index in [0.29, 0.717) is 18.2 Å². The van der Waals surface area contributed by atoms with Gasteiger partial charge in [0.2, 0.25) is 0 Å². The molecule has 0 radical (unpaired) electrons. The molecule has 1 heterocycles. The number of nitrogens with zero attached hydrogens (tertiary/aromatic N) is 1. The van der Waals surface area contributed by atoms with Crippen molar-refractivity contribution >= 4 is 0 Å². The standard InChI is InChI=1S/C9H19NO/c1-7(2)11-8(3)9-5-6-10(9)4/h7-9H,5-6H2,1-4H3/t8-,9-/m0/s1. The summed E-state index contributed by atoms with van der Waals surface area (Å²) in [6.45, 7) is 7.58. The molecule has 2 atom stereocenters. The minimum absolute atomic E-state index is 0.360. The van der Waals surface area contributed by atoms with E-state index in [1.54, 1.807) is 0 Å². The van der Waals surface area contributed by atoms with Crippen LogP contribution in [0, 0.1) is 0 Å². The lowest BCUT2D eigenvalue weighted by Crippen LogP contribution is -2.52. The van der Waals surface area contributed by atoms with Crippen LogP contribution < -0.4 is 0 Å². The Balaban J connectivity index is 2.24. The molecule has 0 bridgehead atoms. The third-order valence-electron chi connectivity index (χ3n) is 2.37. The van der Waals surface area contributed by atoms with Crippen LogP contribution in [0.5, 0.6) is 0 Å². The fourth-order valence-corrected chi connectivity index (χ4v) is 1.65. The van der Waals surface area contributed by atoms with Crippen molar-refractivity contribution in [2.75, 3.05) is 13.6 Å². The van der Waals surface area contributed by atoms with Crippen LogP contribution in [0.1, 0.15) is 27.2 Å². The Morgan fingerprint density at radius 3 is 2.27 bits per heavy atom. The monoisotopic (exact) mass is 157 g/mol. The highest BCUT2D eigenvalue weighted by atomic mass is 16.5. The lowest BCUT2D eigenvalue weighted by molar-refractivity contribution is -0.0612. The van der Waals surface area contributed by atoms with E-state index >= 15 is 0 Å². The highest BCUT2D eigenvalue weighted by molar-refractivity contribution is 4.84. The second kappa shape index (κ2) is 3.55. The second-order valence-corrected chi connectivity index (χ2v) is 3.73. The maximum atomic E-state index is 5.68. The molecule has 1 aliphatic heterocycles. The topological polar surface area (TPSA) is 12.5 Å². The van der Waals surface area contributed by atoms with Gasteiger partial charge in [0.15, 0.2) is 0 Å². The van der Waals surface area contributed by atoms with Crippen molar-refractivity contribution < 1.29 is 4.74 Å². The smallest absolute Gasteiger partial charge is 0.0705 e. The third-order valence-corrected chi connectivity index (χ3v) is 2.37. The molecule has 0 aromatic heterocycles. The van der Waals surface area contributed by atoms with Gasteiger partial charge in [-0.05, 0) is 40.8 Å². The van der Waals surface area contributed by atoms with Gasteiger partial charge in [-0.3, -0.25) is 0 Å². The summed E-state index contributed by atoms with van der Waals surface area (Å²) in [6, 6.07) is 0.664. The minimum Gasteiger partial charge on any atom is -0.374 e. The van der Waals surface area contributed by atoms with Crippen LogP contribution in [0.3, 0.4) is 0 Å². The lowest BCUT2D eigenvalue weighted by atomic mass is 9.99. The highest BCUT2D eigenvalue weighted by Crippen LogP contribution is 2.20. The zero-order valence-electron chi connectivity index (χ0n) is 8.00. The fraction of sp³-hybridized carbons (Fsp3) is 1.00. The Labute approximate surface area is 69.5 Å². The summed E-state index contributed by atoms with van der Waals surface area (Å²) in [6.07, 6.45) is 2.05. The van der Waals surface area contributed by atoms with Gasteiger partial charge >= 0.3 is 0 Å². The first kappa shape index (κ1) is 9.01. The summed E-state index contributed by atoms with van der Waals surface area (Å²) < 4.78 is 5.68. The van der Waals surface area contributed by atoms with Crippen molar-refractivity contribution in [1.82, 2.24) is 4.90 Å². The molecular weight excluding hydrogens is 138 g/mol. The average molecular weight is 157 g/mol. The largest absolute Gasteiger partial charge is 0.374 e. The molecule has 2 nitrogen and oxygen atoms in total. The molecule has 11 heavy (non-hydrogen) atoms. The maximum Gasteiger partial charge on any atom is 0.0705 e. The summed E-state index contributed by atoms with van der Waals surface area (Å²) in [7, 11) is 2.16. The number of likely N-dealkylation sites (N-methyl/N-ethyl adjacent to an activating group) is 1. The molecule has 2 heteroatoms. The lowest BCUT2D eigenvalue weighted by Gasteiger charge is -2.42. The van der Waals surface area contributed by atoms with Crippen LogP contribution in [0.2, 0.25) is 0 Å². The predicted octanol–water partition coefficient (Wildman–Crippen LogP) is 1.50. The van der Waals surface area contributed by atoms with E-state index < -0.39 is 0 Å². The Morgan fingerprint density at radius 2 is 2.00 bits per heavy atom. The van der Waals surface area contributed by atoms with Crippen molar-refractivity contribution in [3.05, 3.63) is 0 Å². The molecule has 1 fully saturated rings. The van der Waals surface area contributed by atoms with E-state index in [1.807, 2.05) is 0 Å². The van der Waals surface area contributed by atoms with E-state index in [1.165, 1.54) is 13.0 Å².